The smallest absolute Gasteiger partial charge is 0.126 e. The molecule has 3 nitrogen and oxygen atoms in total. The van der Waals surface area contributed by atoms with Gasteiger partial charge in [-0.3, -0.25) is 10.8 Å². The lowest BCUT2D eigenvalue weighted by Crippen LogP contribution is -2.29. The molecule has 1 heterocycles. The van der Waals surface area contributed by atoms with Crippen molar-refractivity contribution in [3.63, 3.8) is 0 Å². The highest BCUT2D eigenvalue weighted by Crippen LogP contribution is 2.27. The molecule has 0 radical (unpaired) electrons. The molecular weight excluding hydrogens is 253 g/mol. The Morgan fingerprint density at radius 1 is 1.39 bits per heavy atom. The van der Waals surface area contributed by atoms with E-state index in [1.165, 1.54) is 12.3 Å². The maximum Gasteiger partial charge on any atom is 0.126 e. The van der Waals surface area contributed by atoms with Gasteiger partial charge in [-0.15, -0.1) is 0 Å². The summed E-state index contributed by atoms with van der Waals surface area (Å²) in [5.41, 5.74) is 4.71. The van der Waals surface area contributed by atoms with E-state index in [0.717, 1.165) is 5.56 Å². The lowest BCUT2D eigenvalue weighted by Gasteiger charge is -2.18. The molecule has 0 bridgehead atoms. The molecule has 1 atom stereocenters. The van der Waals surface area contributed by atoms with E-state index < -0.39 is 0 Å². The zero-order valence-corrected chi connectivity index (χ0v) is 10.6. The molecule has 0 fully saturated rings. The van der Waals surface area contributed by atoms with E-state index in [9.17, 15) is 4.39 Å². The van der Waals surface area contributed by atoms with Crippen LogP contribution in [0.2, 0.25) is 5.02 Å². The normalized spacial score (nSPS) is 12.4. The van der Waals surface area contributed by atoms with Crippen LogP contribution in [-0.4, -0.2) is 4.98 Å². The van der Waals surface area contributed by atoms with Gasteiger partial charge in [0.2, 0.25) is 0 Å². The van der Waals surface area contributed by atoms with Crippen LogP contribution in [0.15, 0.2) is 36.7 Å². The summed E-state index contributed by atoms with van der Waals surface area (Å²) >= 11 is 6.07. The lowest BCUT2D eigenvalue weighted by atomic mass is 9.99. The zero-order valence-electron chi connectivity index (χ0n) is 9.82. The van der Waals surface area contributed by atoms with E-state index in [2.05, 4.69) is 10.4 Å². The molecule has 0 aliphatic heterocycles. The van der Waals surface area contributed by atoms with Gasteiger partial charge in [-0.25, -0.2) is 9.82 Å². The Hall–Kier alpha value is -1.49. The van der Waals surface area contributed by atoms with Crippen LogP contribution in [-0.2, 0) is 0 Å². The molecule has 0 aliphatic rings. The van der Waals surface area contributed by atoms with E-state index in [0.29, 0.717) is 16.1 Å². The van der Waals surface area contributed by atoms with E-state index in [1.54, 1.807) is 25.3 Å². The number of benzene rings is 1. The van der Waals surface area contributed by atoms with E-state index in [1.807, 2.05) is 6.07 Å². The van der Waals surface area contributed by atoms with Crippen molar-refractivity contribution in [3.8, 4) is 0 Å². The van der Waals surface area contributed by atoms with E-state index in [-0.39, 0.29) is 11.9 Å². The van der Waals surface area contributed by atoms with Crippen LogP contribution in [0.3, 0.4) is 0 Å². The third-order valence-electron chi connectivity index (χ3n) is 2.81. The second kappa shape index (κ2) is 5.44. The lowest BCUT2D eigenvalue weighted by molar-refractivity contribution is 0.599. The predicted octanol–water partition coefficient (Wildman–Crippen LogP) is 2.74. The molecular formula is C13H13ClFN3. The average molecular weight is 266 g/mol. The quantitative estimate of drug-likeness (QED) is 0.663. The molecule has 1 aromatic carbocycles. The van der Waals surface area contributed by atoms with Crippen molar-refractivity contribution in [3.05, 3.63) is 64.2 Å². The first kappa shape index (κ1) is 13.0. The molecule has 1 aromatic heterocycles. The SMILES string of the molecule is Cc1ccc(C(NN)c2ccncc2Cl)cc1F. The van der Waals surface area contributed by atoms with Gasteiger partial charge in [0.1, 0.15) is 5.82 Å². The van der Waals surface area contributed by atoms with Gasteiger partial charge in [0.15, 0.2) is 0 Å². The first-order chi connectivity index (χ1) is 8.63. The standard InChI is InChI=1S/C13H13ClFN3/c1-8-2-3-9(6-12(8)15)13(18-16)10-4-5-17-7-11(10)14/h2-7,13,18H,16H2,1H3. The molecule has 3 N–H and O–H groups in total. The molecule has 2 rings (SSSR count). The monoisotopic (exact) mass is 265 g/mol. The molecule has 5 heteroatoms. The number of nitrogens with one attached hydrogen (secondary N) is 1. The Morgan fingerprint density at radius 2 is 2.17 bits per heavy atom. The highest BCUT2D eigenvalue weighted by atomic mass is 35.5. The van der Waals surface area contributed by atoms with Gasteiger partial charge in [-0.1, -0.05) is 23.7 Å². The van der Waals surface area contributed by atoms with Crippen LogP contribution in [0.1, 0.15) is 22.7 Å². The second-order valence-corrected chi connectivity index (χ2v) is 4.41. The number of hydrogen-bond donors (Lipinski definition) is 2. The summed E-state index contributed by atoms with van der Waals surface area (Å²) in [6.07, 6.45) is 3.15. The summed E-state index contributed by atoms with van der Waals surface area (Å²) in [6, 6.07) is 6.38. The first-order valence-electron chi connectivity index (χ1n) is 5.45. The largest absolute Gasteiger partial charge is 0.271 e. The van der Waals surface area contributed by atoms with Crippen LogP contribution >= 0.6 is 11.6 Å². The molecule has 0 saturated heterocycles. The summed E-state index contributed by atoms with van der Waals surface area (Å²) in [5, 5.41) is 0.487. The molecule has 0 spiro atoms. The minimum Gasteiger partial charge on any atom is -0.271 e. The molecule has 0 aliphatic carbocycles. The number of aryl methyl sites for hydroxylation is 1. The number of pyridine rings is 1. The van der Waals surface area contributed by atoms with Crippen molar-refractivity contribution >= 4 is 11.6 Å². The van der Waals surface area contributed by atoms with Gasteiger partial charge in [-0.05, 0) is 35.7 Å². The Kier molecular flexibility index (Phi) is 3.91. The molecule has 2 aromatic rings. The number of hydrogen-bond acceptors (Lipinski definition) is 3. The van der Waals surface area contributed by atoms with Crippen molar-refractivity contribution in [1.29, 1.82) is 0 Å². The third kappa shape index (κ3) is 2.51. The Morgan fingerprint density at radius 3 is 2.78 bits per heavy atom. The van der Waals surface area contributed by atoms with Gasteiger partial charge >= 0.3 is 0 Å². The Balaban J connectivity index is 2.45. The van der Waals surface area contributed by atoms with Crippen LogP contribution in [0.25, 0.3) is 0 Å². The number of rotatable bonds is 3. The van der Waals surface area contributed by atoms with E-state index in [4.69, 9.17) is 17.4 Å². The molecule has 0 saturated carbocycles. The summed E-state index contributed by atoms with van der Waals surface area (Å²) in [7, 11) is 0. The minimum absolute atomic E-state index is 0.266. The van der Waals surface area contributed by atoms with Crippen molar-refractivity contribution < 1.29 is 4.39 Å². The molecule has 0 amide bonds. The van der Waals surface area contributed by atoms with Gasteiger partial charge in [0, 0.05) is 12.4 Å². The number of aromatic nitrogens is 1. The minimum atomic E-state index is -0.365. The fraction of sp³-hybridized carbons (Fsp3) is 0.154. The van der Waals surface area contributed by atoms with Crippen LogP contribution in [0, 0.1) is 12.7 Å². The second-order valence-electron chi connectivity index (χ2n) is 4.01. The molecule has 1 unspecified atom stereocenters. The fourth-order valence-corrected chi connectivity index (χ4v) is 2.00. The van der Waals surface area contributed by atoms with Gasteiger partial charge in [0.05, 0.1) is 11.1 Å². The molecule has 18 heavy (non-hydrogen) atoms. The average Bonchev–Trinajstić information content (AvgIpc) is 2.37. The maximum absolute atomic E-state index is 13.6. The molecule has 94 valence electrons. The third-order valence-corrected chi connectivity index (χ3v) is 3.13. The Bertz CT molecular complexity index is 560. The first-order valence-corrected chi connectivity index (χ1v) is 5.83. The van der Waals surface area contributed by atoms with Crippen molar-refractivity contribution in [1.82, 2.24) is 10.4 Å². The highest BCUT2D eigenvalue weighted by Gasteiger charge is 2.16. The summed E-state index contributed by atoms with van der Waals surface area (Å²) in [5.74, 6) is 5.28. The Labute approximate surface area is 110 Å². The van der Waals surface area contributed by atoms with Crippen LogP contribution < -0.4 is 11.3 Å². The number of halogens is 2. The predicted molar refractivity (Wildman–Crippen MR) is 69.6 cm³/mol. The summed E-state index contributed by atoms with van der Waals surface area (Å²) in [4.78, 5) is 3.91. The van der Waals surface area contributed by atoms with Crippen LogP contribution in [0.4, 0.5) is 4.39 Å². The van der Waals surface area contributed by atoms with Crippen molar-refractivity contribution in [2.45, 2.75) is 13.0 Å². The highest BCUT2D eigenvalue weighted by molar-refractivity contribution is 6.31. The van der Waals surface area contributed by atoms with Crippen molar-refractivity contribution in [2.24, 2.45) is 5.84 Å². The fourth-order valence-electron chi connectivity index (χ4n) is 1.77. The van der Waals surface area contributed by atoms with E-state index >= 15 is 0 Å². The number of hydrazine groups is 1. The summed E-state index contributed by atoms with van der Waals surface area (Å²) < 4.78 is 13.6. The van der Waals surface area contributed by atoms with Gasteiger partial charge in [0.25, 0.3) is 0 Å². The number of nitrogens with two attached hydrogens (primary N) is 1. The zero-order chi connectivity index (χ0) is 13.1. The summed E-state index contributed by atoms with van der Waals surface area (Å²) in [6.45, 7) is 1.71. The van der Waals surface area contributed by atoms with Crippen molar-refractivity contribution in [2.75, 3.05) is 0 Å². The van der Waals surface area contributed by atoms with Gasteiger partial charge in [-0.2, -0.15) is 0 Å². The maximum atomic E-state index is 13.6. The topological polar surface area (TPSA) is 50.9 Å². The number of nitrogens with zero attached hydrogens (tertiary/aromatic N) is 1. The van der Waals surface area contributed by atoms with Gasteiger partial charge < -0.3 is 0 Å². The van der Waals surface area contributed by atoms with Crippen LogP contribution in [0.5, 0.6) is 0 Å².